The van der Waals surface area contributed by atoms with Crippen LogP contribution in [0.3, 0.4) is 0 Å². The van der Waals surface area contributed by atoms with Crippen LogP contribution in [-0.2, 0) is 6.54 Å². The summed E-state index contributed by atoms with van der Waals surface area (Å²) < 4.78 is 7.41. The van der Waals surface area contributed by atoms with Crippen LogP contribution in [0.2, 0.25) is 4.34 Å². The van der Waals surface area contributed by atoms with Gasteiger partial charge < -0.3 is 10.1 Å². The second-order valence-electron chi connectivity index (χ2n) is 7.63. The maximum absolute atomic E-state index is 12.5. The molecule has 5 rings (SSSR count). The van der Waals surface area contributed by atoms with Gasteiger partial charge in [0.05, 0.1) is 22.9 Å². The van der Waals surface area contributed by atoms with Crippen molar-refractivity contribution < 1.29 is 9.53 Å². The minimum atomic E-state index is -0.251. The summed E-state index contributed by atoms with van der Waals surface area (Å²) in [6, 6.07) is 17.6. The topological polar surface area (TPSA) is 115 Å². The molecule has 0 aliphatic rings. The van der Waals surface area contributed by atoms with E-state index in [4.69, 9.17) is 16.3 Å². The second kappa shape index (κ2) is 10.1. The number of hydrogen-bond donors (Lipinski definition) is 2. The Hall–Kier alpha value is -4.28. The number of nitrogens with one attached hydrogen (secondary N) is 2. The molecule has 0 atom stereocenters. The first-order chi connectivity index (χ1) is 17.5. The molecule has 0 aliphatic carbocycles. The fourth-order valence-electron chi connectivity index (χ4n) is 3.74. The van der Waals surface area contributed by atoms with Gasteiger partial charge in [-0.3, -0.25) is 14.2 Å². The smallest absolute Gasteiger partial charge is 0.261 e. The van der Waals surface area contributed by atoms with Gasteiger partial charge in [-0.25, -0.2) is 4.98 Å². The normalized spacial score (nSPS) is 10.8. The van der Waals surface area contributed by atoms with Crippen molar-refractivity contribution in [3.8, 4) is 34.0 Å². The number of H-pyrrole nitrogens is 1. The Bertz CT molecular complexity index is 1610. The second-order valence-corrected chi connectivity index (χ2v) is 9.35. The molecule has 2 N–H and O–H groups in total. The fourth-order valence-corrected chi connectivity index (χ4v) is 4.70. The predicted octanol–water partition coefficient (Wildman–Crippen LogP) is 4.34. The Kier molecular flexibility index (Phi) is 6.61. The van der Waals surface area contributed by atoms with Gasteiger partial charge in [-0.2, -0.15) is 15.4 Å². The van der Waals surface area contributed by atoms with Crippen molar-refractivity contribution in [3.63, 3.8) is 0 Å². The molecule has 180 valence electrons. The lowest BCUT2D eigenvalue weighted by atomic mass is 9.96. The standard InChI is InChI=1S/C25H19ClN6O3S/c1-35-22-12-15(9-10-27-22)18-13-16(32-11-3-2-4-23(32)33)5-6-17(18)24-19(29-31-30-24)14-28-25(34)20-7-8-21(26)36-20/h2-13H,14H2,1H3,(H,28,34)(H,29,30,31). The SMILES string of the molecule is COc1cc(-c2cc(-n3ccccc3=O)ccc2-c2n[nH]nc2CNC(=O)c2ccc(Cl)s2)ccn1. The minimum absolute atomic E-state index is 0.151. The van der Waals surface area contributed by atoms with Crippen molar-refractivity contribution in [3.05, 3.63) is 98.3 Å². The highest BCUT2D eigenvalue weighted by molar-refractivity contribution is 7.18. The van der Waals surface area contributed by atoms with Gasteiger partial charge in [0.2, 0.25) is 5.88 Å². The molecular weight excluding hydrogens is 500 g/mol. The van der Waals surface area contributed by atoms with Crippen molar-refractivity contribution in [2.24, 2.45) is 0 Å². The summed E-state index contributed by atoms with van der Waals surface area (Å²) in [6.45, 7) is 0.152. The summed E-state index contributed by atoms with van der Waals surface area (Å²) in [7, 11) is 1.55. The molecule has 0 unspecified atom stereocenters. The Labute approximate surface area is 214 Å². The third kappa shape index (κ3) is 4.77. The lowest BCUT2D eigenvalue weighted by Gasteiger charge is -2.14. The van der Waals surface area contributed by atoms with E-state index in [-0.39, 0.29) is 18.0 Å². The largest absolute Gasteiger partial charge is 0.481 e. The monoisotopic (exact) mass is 518 g/mol. The molecule has 36 heavy (non-hydrogen) atoms. The number of carbonyl (C=O) groups excluding carboxylic acids is 1. The number of hydrogen-bond acceptors (Lipinski definition) is 7. The van der Waals surface area contributed by atoms with Crippen LogP contribution in [0.15, 0.2) is 77.9 Å². The zero-order chi connectivity index (χ0) is 25.1. The summed E-state index contributed by atoms with van der Waals surface area (Å²) in [5, 5.41) is 14.2. The number of thiophene rings is 1. The average Bonchev–Trinajstić information content (AvgIpc) is 3.56. The Morgan fingerprint density at radius 3 is 2.78 bits per heavy atom. The Morgan fingerprint density at radius 2 is 2.00 bits per heavy atom. The highest BCUT2D eigenvalue weighted by Gasteiger charge is 2.18. The number of aromatic amines is 1. The first-order valence-electron chi connectivity index (χ1n) is 10.8. The third-order valence-electron chi connectivity index (χ3n) is 5.45. The lowest BCUT2D eigenvalue weighted by Crippen LogP contribution is -2.22. The van der Waals surface area contributed by atoms with Crippen LogP contribution in [0.5, 0.6) is 5.88 Å². The molecule has 0 radical (unpaired) electrons. The van der Waals surface area contributed by atoms with E-state index in [0.717, 1.165) is 16.7 Å². The molecule has 4 aromatic heterocycles. The van der Waals surface area contributed by atoms with E-state index in [1.165, 1.54) is 17.4 Å². The van der Waals surface area contributed by atoms with Gasteiger partial charge in [0, 0.05) is 35.8 Å². The summed E-state index contributed by atoms with van der Waals surface area (Å²) >= 11 is 7.15. The first kappa shape index (κ1) is 23.5. The zero-order valence-corrected chi connectivity index (χ0v) is 20.5. The van der Waals surface area contributed by atoms with Crippen molar-refractivity contribution in [1.82, 2.24) is 30.3 Å². The molecule has 0 saturated heterocycles. The van der Waals surface area contributed by atoms with Crippen LogP contribution in [0.4, 0.5) is 0 Å². The summed E-state index contributed by atoms with van der Waals surface area (Å²) in [5.74, 6) is 0.196. The van der Waals surface area contributed by atoms with Crippen LogP contribution in [0, 0.1) is 0 Å². The maximum atomic E-state index is 12.5. The number of ether oxygens (including phenoxy) is 1. The van der Waals surface area contributed by atoms with Gasteiger partial charge in [-0.15, -0.1) is 11.3 Å². The predicted molar refractivity (Wildman–Crippen MR) is 138 cm³/mol. The van der Waals surface area contributed by atoms with Crippen molar-refractivity contribution in [2.75, 3.05) is 7.11 Å². The number of nitrogens with zero attached hydrogens (tertiary/aromatic N) is 4. The molecule has 0 fully saturated rings. The molecule has 0 saturated carbocycles. The van der Waals surface area contributed by atoms with Crippen LogP contribution >= 0.6 is 22.9 Å². The fraction of sp³-hybridized carbons (Fsp3) is 0.0800. The molecule has 0 bridgehead atoms. The molecule has 0 spiro atoms. The summed E-state index contributed by atoms with van der Waals surface area (Å²) in [5.41, 5.74) is 4.01. The Balaban J connectivity index is 1.56. The molecule has 5 aromatic rings. The first-order valence-corrected chi connectivity index (χ1v) is 12.0. The molecule has 0 aliphatic heterocycles. The lowest BCUT2D eigenvalue weighted by molar-refractivity contribution is 0.0954. The van der Waals surface area contributed by atoms with E-state index in [9.17, 15) is 9.59 Å². The number of amides is 1. The van der Waals surface area contributed by atoms with Crippen LogP contribution in [-0.4, -0.2) is 38.0 Å². The number of aromatic nitrogens is 5. The maximum Gasteiger partial charge on any atom is 0.261 e. The Morgan fingerprint density at radius 1 is 1.11 bits per heavy atom. The number of pyridine rings is 2. The van der Waals surface area contributed by atoms with Crippen molar-refractivity contribution in [1.29, 1.82) is 0 Å². The summed E-state index contributed by atoms with van der Waals surface area (Å²) in [4.78, 5) is 29.7. The molecule has 9 nitrogen and oxygen atoms in total. The highest BCUT2D eigenvalue weighted by Crippen LogP contribution is 2.35. The van der Waals surface area contributed by atoms with E-state index >= 15 is 0 Å². The van der Waals surface area contributed by atoms with Gasteiger partial charge >= 0.3 is 0 Å². The molecule has 4 heterocycles. The van der Waals surface area contributed by atoms with Gasteiger partial charge in [0.1, 0.15) is 11.4 Å². The van der Waals surface area contributed by atoms with Gasteiger partial charge in [-0.05, 0) is 53.6 Å². The van der Waals surface area contributed by atoms with E-state index in [1.54, 1.807) is 54.4 Å². The average molecular weight is 519 g/mol. The number of rotatable bonds is 7. The van der Waals surface area contributed by atoms with Gasteiger partial charge in [0.15, 0.2) is 0 Å². The van der Waals surface area contributed by atoms with E-state index in [2.05, 4.69) is 25.7 Å². The third-order valence-corrected chi connectivity index (χ3v) is 6.68. The number of carbonyl (C=O) groups is 1. The van der Waals surface area contributed by atoms with Gasteiger partial charge in [-0.1, -0.05) is 17.7 Å². The van der Waals surface area contributed by atoms with Crippen LogP contribution < -0.4 is 15.6 Å². The highest BCUT2D eigenvalue weighted by atomic mass is 35.5. The van der Waals surface area contributed by atoms with E-state index < -0.39 is 0 Å². The van der Waals surface area contributed by atoms with Crippen LogP contribution in [0.25, 0.3) is 28.1 Å². The van der Waals surface area contributed by atoms with Gasteiger partial charge in [0.25, 0.3) is 11.5 Å². The quantitative estimate of drug-likeness (QED) is 0.331. The van der Waals surface area contributed by atoms with E-state index in [0.29, 0.717) is 32.2 Å². The molecule has 11 heteroatoms. The number of halogens is 1. The van der Waals surface area contributed by atoms with Crippen molar-refractivity contribution in [2.45, 2.75) is 6.54 Å². The van der Waals surface area contributed by atoms with E-state index in [1.807, 2.05) is 24.3 Å². The summed E-state index contributed by atoms with van der Waals surface area (Å²) in [6.07, 6.45) is 3.36. The number of benzene rings is 1. The number of methoxy groups -OCH3 is 1. The molecule has 1 aromatic carbocycles. The van der Waals surface area contributed by atoms with Crippen molar-refractivity contribution >= 4 is 28.8 Å². The van der Waals surface area contributed by atoms with Crippen LogP contribution in [0.1, 0.15) is 15.4 Å². The molecule has 1 amide bonds. The minimum Gasteiger partial charge on any atom is -0.481 e. The molecular formula is C25H19ClN6O3S. The zero-order valence-electron chi connectivity index (χ0n) is 18.9.